The van der Waals surface area contributed by atoms with Crippen molar-refractivity contribution >= 4 is 11.8 Å². The fourth-order valence-corrected chi connectivity index (χ4v) is 4.14. The highest BCUT2D eigenvalue weighted by Crippen LogP contribution is 2.42. The van der Waals surface area contributed by atoms with Gasteiger partial charge in [0.05, 0.1) is 6.04 Å². The predicted molar refractivity (Wildman–Crippen MR) is 81.0 cm³/mol. The second-order valence-electron chi connectivity index (χ2n) is 4.97. The molecular formula is C16H18N2S. The highest BCUT2D eigenvalue weighted by atomic mass is 32.2. The molecule has 0 aliphatic carbocycles. The number of aryl methyl sites for hydroxylation is 1. The Balaban J connectivity index is 1.88. The van der Waals surface area contributed by atoms with Crippen LogP contribution in [0.4, 0.5) is 0 Å². The summed E-state index contributed by atoms with van der Waals surface area (Å²) in [4.78, 5) is 1.39. The second kappa shape index (κ2) is 5.37. The van der Waals surface area contributed by atoms with E-state index in [1.54, 1.807) is 0 Å². The third kappa shape index (κ3) is 2.41. The lowest BCUT2D eigenvalue weighted by atomic mass is 9.96. The maximum absolute atomic E-state index is 5.83. The first-order valence-electron chi connectivity index (χ1n) is 6.56. The monoisotopic (exact) mass is 270 g/mol. The van der Waals surface area contributed by atoms with Crippen molar-refractivity contribution in [3.05, 3.63) is 65.2 Å². The predicted octanol–water partition coefficient (Wildman–Crippen LogP) is 3.22. The average Bonchev–Trinajstić information content (AvgIpc) is 2.85. The largest absolute Gasteiger partial charge is 0.271 e. The van der Waals surface area contributed by atoms with Gasteiger partial charge in [-0.15, -0.1) is 11.8 Å². The van der Waals surface area contributed by atoms with Crippen LogP contribution in [0.15, 0.2) is 53.4 Å². The van der Waals surface area contributed by atoms with E-state index in [-0.39, 0.29) is 6.04 Å². The van der Waals surface area contributed by atoms with Gasteiger partial charge in [0.1, 0.15) is 0 Å². The van der Waals surface area contributed by atoms with Crippen LogP contribution in [-0.2, 0) is 6.42 Å². The molecule has 2 unspecified atom stereocenters. The first-order chi connectivity index (χ1) is 9.29. The number of nitrogens with two attached hydrogens (primary N) is 1. The summed E-state index contributed by atoms with van der Waals surface area (Å²) >= 11 is 1.93. The van der Waals surface area contributed by atoms with Crippen LogP contribution >= 0.6 is 11.8 Å². The van der Waals surface area contributed by atoms with Crippen LogP contribution in [0.3, 0.4) is 0 Å². The molecule has 0 saturated carbocycles. The van der Waals surface area contributed by atoms with Crippen LogP contribution in [0, 0.1) is 6.92 Å². The number of fused-ring (bicyclic) bond motifs is 1. The molecule has 0 radical (unpaired) electrons. The number of thioether (sulfide) groups is 1. The standard InChI is InChI=1S/C16H18N2S/c1-11-6-2-4-8-13(11)16(18-17)15-10-12-7-3-5-9-14(12)19-15/h2-9,15-16,18H,10,17H2,1H3. The first kappa shape index (κ1) is 12.7. The van der Waals surface area contributed by atoms with Gasteiger partial charge in [-0.3, -0.25) is 11.3 Å². The van der Waals surface area contributed by atoms with Gasteiger partial charge in [-0.25, -0.2) is 0 Å². The van der Waals surface area contributed by atoms with Crippen molar-refractivity contribution in [2.24, 2.45) is 5.84 Å². The van der Waals surface area contributed by atoms with Gasteiger partial charge in [0, 0.05) is 10.1 Å². The van der Waals surface area contributed by atoms with Crippen molar-refractivity contribution in [1.82, 2.24) is 5.43 Å². The average molecular weight is 270 g/mol. The minimum absolute atomic E-state index is 0.193. The molecule has 0 saturated heterocycles. The molecule has 3 N–H and O–H groups in total. The number of hydrogen-bond acceptors (Lipinski definition) is 3. The van der Waals surface area contributed by atoms with E-state index in [2.05, 4.69) is 60.9 Å². The number of benzene rings is 2. The quantitative estimate of drug-likeness (QED) is 0.664. The summed E-state index contributed by atoms with van der Waals surface area (Å²) < 4.78 is 0. The van der Waals surface area contributed by atoms with Gasteiger partial charge in [0.15, 0.2) is 0 Å². The fraction of sp³-hybridized carbons (Fsp3) is 0.250. The molecule has 1 heterocycles. The van der Waals surface area contributed by atoms with Crippen molar-refractivity contribution < 1.29 is 0 Å². The van der Waals surface area contributed by atoms with Crippen LogP contribution < -0.4 is 11.3 Å². The smallest absolute Gasteiger partial charge is 0.0587 e. The van der Waals surface area contributed by atoms with Crippen molar-refractivity contribution in [3.63, 3.8) is 0 Å². The molecule has 2 aromatic rings. The van der Waals surface area contributed by atoms with Gasteiger partial charge >= 0.3 is 0 Å². The number of rotatable bonds is 3. The van der Waals surface area contributed by atoms with Crippen molar-refractivity contribution in [3.8, 4) is 0 Å². The lowest BCUT2D eigenvalue weighted by molar-refractivity contribution is 0.531. The first-order valence-corrected chi connectivity index (χ1v) is 7.44. The lowest BCUT2D eigenvalue weighted by Crippen LogP contribution is -2.35. The van der Waals surface area contributed by atoms with Gasteiger partial charge in [0.25, 0.3) is 0 Å². The Morgan fingerprint density at radius 2 is 1.89 bits per heavy atom. The Morgan fingerprint density at radius 3 is 2.63 bits per heavy atom. The van der Waals surface area contributed by atoms with Gasteiger partial charge < -0.3 is 0 Å². The van der Waals surface area contributed by atoms with Crippen molar-refractivity contribution in [2.45, 2.75) is 29.5 Å². The maximum Gasteiger partial charge on any atom is 0.0587 e. The van der Waals surface area contributed by atoms with Gasteiger partial charge in [0.2, 0.25) is 0 Å². The molecule has 2 nitrogen and oxygen atoms in total. The Kier molecular flexibility index (Phi) is 3.60. The van der Waals surface area contributed by atoms with Crippen molar-refractivity contribution in [2.75, 3.05) is 0 Å². The van der Waals surface area contributed by atoms with Gasteiger partial charge in [-0.2, -0.15) is 0 Å². The van der Waals surface area contributed by atoms with E-state index in [4.69, 9.17) is 5.84 Å². The normalized spacial score (nSPS) is 19.2. The molecule has 2 atom stereocenters. The molecule has 3 rings (SSSR count). The van der Waals surface area contributed by atoms with Crippen LogP contribution in [0.2, 0.25) is 0 Å². The molecule has 0 fully saturated rings. The number of nitrogens with one attached hydrogen (secondary N) is 1. The topological polar surface area (TPSA) is 38.0 Å². The Morgan fingerprint density at radius 1 is 1.16 bits per heavy atom. The summed E-state index contributed by atoms with van der Waals surface area (Å²) in [5.41, 5.74) is 7.05. The van der Waals surface area contributed by atoms with E-state index >= 15 is 0 Å². The van der Waals surface area contributed by atoms with Crippen LogP contribution in [0.5, 0.6) is 0 Å². The Labute approximate surface area is 118 Å². The third-order valence-electron chi connectivity index (χ3n) is 3.75. The van der Waals surface area contributed by atoms with Crippen LogP contribution in [-0.4, -0.2) is 5.25 Å². The molecule has 98 valence electrons. The van der Waals surface area contributed by atoms with E-state index < -0.39 is 0 Å². The second-order valence-corrected chi connectivity index (χ2v) is 6.25. The molecule has 19 heavy (non-hydrogen) atoms. The van der Waals surface area contributed by atoms with E-state index in [1.807, 2.05) is 11.8 Å². The summed E-state index contributed by atoms with van der Waals surface area (Å²) in [7, 11) is 0. The molecule has 0 amide bonds. The molecule has 2 aromatic carbocycles. The molecule has 1 aliphatic rings. The molecule has 1 aliphatic heterocycles. The summed E-state index contributed by atoms with van der Waals surface area (Å²) in [6, 6.07) is 17.3. The lowest BCUT2D eigenvalue weighted by Gasteiger charge is -2.24. The Hall–Kier alpha value is -1.29. The highest BCUT2D eigenvalue weighted by molar-refractivity contribution is 8.00. The summed E-state index contributed by atoms with van der Waals surface area (Å²) in [5, 5.41) is 0.462. The van der Waals surface area contributed by atoms with E-state index in [0.29, 0.717) is 5.25 Å². The van der Waals surface area contributed by atoms with Crippen LogP contribution in [0.25, 0.3) is 0 Å². The van der Waals surface area contributed by atoms with E-state index in [0.717, 1.165) is 6.42 Å². The molecule has 0 spiro atoms. The zero-order valence-electron chi connectivity index (χ0n) is 11.0. The van der Waals surface area contributed by atoms with E-state index in [9.17, 15) is 0 Å². The van der Waals surface area contributed by atoms with Gasteiger partial charge in [-0.1, -0.05) is 42.5 Å². The molecule has 0 bridgehead atoms. The van der Waals surface area contributed by atoms with Crippen LogP contribution in [0.1, 0.15) is 22.7 Å². The minimum Gasteiger partial charge on any atom is -0.271 e. The molecule has 3 heteroatoms. The van der Waals surface area contributed by atoms with Crippen molar-refractivity contribution in [1.29, 1.82) is 0 Å². The van der Waals surface area contributed by atoms with Gasteiger partial charge in [-0.05, 0) is 36.1 Å². The zero-order chi connectivity index (χ0) is 13.2. The summed E-state index contributed by atoms with van der Waals surface area (Å²) in [5.74, 6) is 5.83. The SMILES string of the molecule is Cc1ccccc1C(NN)C1Cc2ccccc2S1. The fourth-order valence-electron chi connectivity index (χ4n) is 2.73. The maximum atomic E-state index is 5.83. The Bertz CT molecular complexity index is 557. The molecular weight excluding hydrogens is 252 g/mol. The minimum atomic E-state index is 0.193. The number of hydrogen-bond donors (Lipinski definition) is 2. The highest BCUT2D eigenvalue weighted by Gasteiger charge is 2.30. The van der Waals surface area contributed by atoms with E-state index in [1.165, 1.54) is 21.6 Å². The third-order valence-corrected chi connectivity index (χ3v) is 5.14. The zero-order valence-corrected chi connectivity index (χ0v) is 11.8. The summed E-state index contributed by atoms with van der Waals surface area (Å²) in [6.07, 6.45) is 1.07. The summed E-state index contributed by atoms with van der Waals surface area (Å²) in [6.45, 7) is 2.15. The number of hydrazine groups is 1. The molecule has 0 aromatic heterocycles.